The van der Waals surface area contributed by atoms with Crippen LogP contribution in [0.4, 0.5) is 0 Å². The molecular weight excluding hydrogens is 308 g/mol. The van der Waals surface area contributed by atoms with Crippen LogP contribution in [0.2, 0.25) is 0 Å². The largest absolute Gasteiger partial charge is 0.480 e. The molecule has 1 aromatic carbocycles. The summed E-state index contributed by atoms with van der Waals surface area (Å²) in [5.74, 6) is -0.831. The molecule has 1 heterocycles. The maximum absolute atomic E-state index is 11.4. The molecule has 0 saturated carbocycles. The van der Waals surface area contributed by atoms with Gasteiger partial charge in [-0.1, -0.05) is 17.8 Å². The first-order valence-electron chi connectivity index (χ1n) is 7.97. The lowest BCUT2D eigenvalue weighted by Crippen LogP contribution is -2.27. The van der Waals surface area contributed by atoms with E-state index in [1.165, 1.54) is 41.3 Å². The molecule has 1 N–H and O–H groups in total. The molecule has 1 aromatic heterocycles. The number of aromatic nitrogens is 2. The number of hydrogen-bond donors (Lipinski definition) is 1. The number of thioether (sulfide) groups is 1. The van der Waals surface area contributed by atoms with Crippen LogP contribution in [0.5, 0.6) is 0 Å². The molecule has 0 saturated heterocycles. The molecular formula is C18H22N2O2S. The maximum Gasteiger partial charge on any atom is 0.319 e. The highest BCUT2D eigenvalue weighted by Gasteiger charge is 2.31. The van der Waals surface area contributed by atoms with E-state index < -0.39 is 10.7 Å². The van der Waals surface area contributed by atoms with E-state index in [0.29, 0.717) is 0 Å². The summed E-state index contributed by atoms with van der Waals surface area (Å²) in [4.78, 5) is 15.8. The van der Waals surface area contributed by atoms with Crippen molar-refractivity contribution in [2.45, 2.75) is 56.4 Å². The van der Waals surface area contributed by atoms with Crippen LogP contribution < -0.4 is 0 Å². The molecule has 3 rings (SSSR count). The minimum absolute atomic E-state index is 0.731. The number of benzene rings is 1. The Morgan fingerprint density at radius 3 is 2.65 bits per heavy atom. The first-order chi connectivity index (χ1) is 10.9. The SMILES string of the molecule is Cc1ccc(-n2ccnc2SC(C)(C)C(=O)O)c2c1CCCC2. The highest BCUT2D eigenvalue weighted by atomic mass is 32.2. The smallest absolute Gasteiger partial charge is 0.319 e. The van der Waals surface area contributed by atoms with Crippen LogP contribution in [0.1, 0.15) is 43.4 Å². The van der Waals surface area contributed by atoms with E-state index in [1.807, 2.05) is 10.8 Å². The predicted molar refractivity (Wildman–Crippen MR) is 92.5 cm³/mol. The fourth-order valence-corrected chi connectivity index (χ4v) is 3.99. The molecule has 0 fully saturated rings. The Kier molecular flexibility index (Phi) is 4.23. The number of carboxylic acid groups (broad SMARTS) is 1. The molecule has 2 aromatic rings. The van der Waals surface area contributed by atoms with Crippen molar-refractivity contribution in [3.05, 3.63) is 41.2 Å². The Bertz CT molecular complexity index is 749. The van der Waals surface area contributed by atoms with E-state index in [4.69, 9.17) is 0 Å². The Morgan fingerprint density at radius 2 is 1.96 bits per heavy atom. The van der Waals surface area contributed by atoms with Gasteiger partial charge in [0.05, 0.1) is 5.69 Å². The average molecular weight is 330 g/mol. The van der Waals surface area contributed by atoms with Gasteiger partial charge in [0.1, 0.15) is 4.75 Å². The van der Waals surface area contributed by atoms with Crippen molar-refractivity contribution in [3.8, 4) is 5.69 Å². The molecule has 0 aliphatic heterocycles. The number of carbonyl (C=O) groups is 1. The normalized spacial score (nSPS) is 14.6. The summed E-state index contributed by atoms with van der Waals surface area (Å²) in [7, 11) is 0. The highest BCUT2D eigenvalue weighted by molar-refractivity contribution is 8.01. The van der Waals surface area contributed by atoms with Crippen molar-refractivity contribution in [2.75, 3.05) is 0 Å². The van der Waals surface area contributed by atoms with Gasteiger partial charge in [-0.25, -0.2) is 4.98 Å². The number of hydrogen-bond acceptors (Lipinski definition) is 3. The van der Waals surface area contributed by atoms with Crippen LogP contribution in [-0.4, -0.2) is 25.4 Å². The number of imidazole rings is 1. The first-order valence-corrected chi connectivity index (χ1v) is 8.79. The summed E-state index contributed by atoms with van der Waals surface area (Å²) in [6, 6.07) is 4.30. The molecule has 1 aliphatic rings. The molecule has 23 heavy (non-hydrogen) atoms. The summed E-state index contributed by atoms with van der Waals surface area (Å²) in [6.45, 7) is 5.60. The fraction of sp³-hybridized carbons (Fsp3) is 0.444. The molecule has 1 aliphatic carbocycles. The number of carboxylic acids is 1. The lowest BCUT2D eigenvalue weighted by molar-refractivity contribution is -0.138. The highest BCUT2D eigenvalue weighted by Crippen LogP contribution is 2.35. The fourth-order valence-electron chi connectivity index (χ4n) is 3.07. The van der Waals surface area contributed by atoms with E-state index in [0.717, 1.165) is 23.7 Å². The Balaban J connectivity index is 2.05. The van der Waals surface area contributed by atoms with Gasteiger partial charge in [-0.3, -0.25) is 9.36 Å². The summed E-state index contributed by atoms with van der Waals surface area (Å²) in [5.41, 5.74) is 5.34. The van der Waals surface area contributed by atoms with Gasteiger partial charge in [0.15, 0.2) is 5.16 Å². The number of aryl methyl sites for hydroxylation is 1. The van der Waals surface area contributed by atoms with Gasteiger partial charge in [-0.05, 0) is 69.2 Å². The molecule has 0 amide bonds. The molecule has 0 bridgehead atoms. The minimum Gasteiger partial charge on any atom is -0.480 e. The van der Waals surface area contributed by atoms with Crippen molar-refractivity contribution in [3.63, 3.8) is 0 Å². The molecule has 0 radical (unpaired) electrons. The van der Waals surface area contributed by atoms with Crippen molar-refractivity contribution in [2.24, 2.45) is 0 Å². The van der Waals surface area contributed by atoms with Crippen LogP contribution in [0.25, 0.3) is 5.69 Å². The van der Waals surface area contributed by atoms with Crippen molar-refractivity contribution in [1.82, 2.24) is 9.55 Å². The molecule has 4 nitrogen and oxygen atoms in total. The average Bonchev–Trinajstić information content (AvgIpc) is 2.95. The molecule has 5 heteroatoms. The molecule has 122 valence electrons. The summed E-state index contributed by atoms with van der Waals surface area (Å²) >= 11 is 1.29. The van der Waals surface area contributed by atoms with Crippen LogP contribution in [0.15, 0.2) is 29.7 Å². The van der Waals surface area contributed by atoms with E-state index in [-0.39, 0.29) is 0 Å². The van der Waals surface area contributed by atoms with Crippen molar-refractivity contribution in [1.29, 1.82) is 0 Å². The van der Waals surface area contributed by atoms with Crippen LogP contribution in [0.3, 0.4) is 0 Å². The summed E-state index contributed by atoms with van der Waals surface area (Å²) < 4.78 is 1.13. The monoisotopic (exact) mass is 330 g/mol. The molecule has 0 spiro atoms. The third-order valence-electron chi connectivity index (χ3n) is 4.47. The van der Waals surface area contributed by atoms with Gasteiger partial charge in [0, 0.05) is 12.4 Å². The summed E-state index contributed by atoms with van der Waals surface area (Å²) in [5, 5.41) is 10.1. The van der Waals surface area contributed by atoms with Gasteiger partial charge < -0.3 is 5.11 Å². The third kappa shape index (κ3) is 3.02. The van der Waals surface area contributed by atoms with E-state index in [9.17, 15) is 9.90 Å². The third-order valence-corrected chi connectivity index (χ3v) is 5.64. The second kappa shape index (κ2) is 6.04. The second-order valence-corrected chi connectivity index (χ2v) is 8.15. The van der Waals surface area contributed by atoms with E-state index in [1.54, 1.807) is 20.0 Å². The number of rotatable bonds is 4. The minimum atomic E-state index is -0.909. The number of nitrogens with zero attached hydrogens (tertiary/aromatic N) is 2. The van der Waals surface area contributed by atoms with Crippen molar-refractivity contribution < 1.29 is 9.90 Å². The van der Waals surface area contributed by atoms with Gasteiger partial charge >= 0.3 is 5.97 Å². The van der Waals surface area contributed by atoms with E-state index in [2.05, 4.69) is 24.0 Å². The molecule has 0 unspecified atom stereocenters. The Labute approximate surface area is 140 Å². The maximum atomic E-state index is 11.4. The van der Waals surface area contributed by atoms with Crippen LogP contribution in [-0.2, 0) is 17.6 Å². The standard InChI is InChI=1S/C18H22N2O2S/c1-12-8-9-15(14-7-5-4-6-13(12)14)20-11-10-19-17(20)23-18(2,3)16(21)22/h8-11H,4-7H2,1-3H3,(H,21,22). The lowest BCUT2D eigenvalue weighted by atomic mass is 9.87. The quantitative estimate of drug-likeness (QED) is 0.861. The van der Waals surface area contributed by atoms with Gasteiger partial charge in [-0.2, -0.15) is 0 Å². The topological polar surface area (TPSA) is 55.1 Å². The van der Waals surface area contributed by atoms with Gasteiger partial charge in [0.25, 0.3) is 0 Å². The van der Waals surface area contributed by atoms with Gasteiger partial charge in [0.2, 0.25) is 0 Å². The predicted octanol–water partition coefficient (Wildman–Crippen LogP) is 4.01. The second-order valence-electron chi connectivity index (χ2n) is 6.56. The zero-order valence-electron chi connectivity index (χ0n) is 13.8. The first kappa shape index (κ1) is 16.1. The van der Waals surface area contributed by atoms with Crippen molar-refractivity contribution >= 4 is 17.7 Å². The zero-order chi connectivity index (χ0) is 16.6. The van der Waals surface area contributed by atoms with Crippen LogP contribution in [0, 0.1) is 6.92 Å². The van der Waals surface area contributed by atoms with Crippen LogP contribution >= 0.6 is 11.8 Å². The Morgan fingerprint density at radius 1 is 1.26 bits per heavy atom. The number of fused-ring (bicyclic) bond motifs is 1. The van der Waals surface area contributed by atoms with E-state index >= 15 is 0 Å². The Hall–Kier alpha value is -1.75. The summed E-state index contributed by atoms with van der Waals surface area (Å²) in [6.07, 6.45) is 8.34. The molecule has 0 atom stereocenters. The number of aliphatic carboxylic acids is 1. The lowest BCUT2D eigenvalue weighted by Gasteiger charge is -2.24. The zero-order valence-corrected chi connectivity index (χ0v) is 14.6. The van der Waals surface area contributed by atoms with Gasteiger partial charge in [-0.15, -0.1) is 0 Å².